The van der Waals surface area contributed by atoms with E-state index in [9.17, 15) is 4.79 Å². The fourth-order valence-corrected chi connectivity index (χ4v) is 4.34. The van der Waals surface area contributed by atoms with Gasteiger partial charge in [-0.15, -0.1) is 10.2 Å². The first-order chi connectivity index (χ1) is 16.0. The summed E-state index contributed by atoms with van der Waals surface area (Å²) in [4.78, 5) is 12.7. The highest BCUT2D eigenvalue weighted by Crippen LogP contribution is 2.28. The van der Waals surface area contributed by atoms with Crippen LogP contribution < -0.4 is 10.1 Å². The van der Waals surface area contributed by atoms with E-state index < -0.39 is 0 Å². The molecule has 0 aliphatic rings. The second-order valence-corrected chi connectivity index (χ2v) is 9.32. The molecule has 0 atom stereocenters. The first-order valence-electron chi connectivity index (χ1n) is 11.1. The van der Waals surface area contributed by atoms with Gasteiger partial charge in [0.05, 0.1) is 28.9 Å². The van der Waals surface area contributed by atoms with E-state index in [4.69, 9.17) is 27.9 Å². The molecule has 1 heterocycles. The van der Waals surface area contributed by atoms with Gasteiger partial charge in [0.25, 0.3) is 5.91 Å². The summed E-state index contributed by atoms with van der Waals surface area (Å²) in [6.07, 6.45) is 4.25. The third kappa shape index (κ3) is 7.13. The lowest BCUT2D eigenvalue weighted by atomic mass is 10.2. The zero-order chi connectivity index (χ0) is 23.6. The molecule has 3 rings (SSSR count). The quantitative estimate of drug-likeness (QED) is 0.222. The van der Waals surface area contributed by atoms with E-state index in [1.165, 1.54) is 0 Å². The Bertz CT molecular complexity index is 1060. The van der Waals surface area contributed by atoms with E-state index >= 15 is 0 Å². The SMILES string of the molecule is CCCCOc1ccc(C(=O)NCc2nnc(SCCCC)n2-c2ccc(Cl)c(Cl)c2)cc1. The largest absolute Gasteiger partial charge is 0.494 e. The number of amides is 1. The van der Waals surface area contributed by atoms with Gasteiger partial charge in [-0.05, 0) is 55.3 Å². The number of thioether (sulfide) groups is 1. The van der Waals surface area contributed by atoms with Gasteiger partial charge in [0, 0.05) is 11.3 Å². The summed E-state index contributed by atoms with van der Waals surface area (Å²) in [5, 5.41) is 13.3. The fourth-order valence-electron chi connectivity index (χ4n) is 3.00. The lowest BCUT2D eigenvalue weighted by molar-refractivity contribution is 0.0949. The second-order valence-electron chi connectivity index (χ2n) is 7.44. The third-order valence-electron chi connectivity index (χ3n) is 4.88. The van der Waals surface area contributed by atoms with Crippen LogP contribution in [-0.4, -0.2) is 33.0 Å². The molecule has 0 radical (unpaired) electrons. The van der Waals surface area contributed by atoms with Crippen LogP contribution in [0.2, 0.25) is 10.0 Å². The molecule has 0 saturated heterocycles. The van der Waals surface area contributed by atoms with Crippen LogP contribution in [0.5, 0.6) is 5.75 Å². The molecular formula is C24H28Cl2N4O2S. The van der Waals surface area contributed by atoms with Crippen molar-refractivity contribution in [3.8, 4) is 11.4 Å². The predicted octanol–water partition coefficient (Wildman–Crippen LogP) is 6.58. The van der Waals surface area contributed by atoms with Gasteiger partial charge >= 0.3 is 0 Å². The lowest BCUT2D eigenvalue weighted by Gasteiger charge is -2.12. The number of ether oxygens (including phenoxy) is 1. The molecule has 0 saturated carbocycles. The van der Waals surface area contributed by atoms with Gasteiger partial charge in [-0.25, -0.2) is 0 Å². The van der Waals surface area contributed by atoms with Gasteiger partial charge in [-0.1, -0.05) is 61.7 Å². The Labute approximate surface area is 209 Å². The van der Waals surface area contributed by atoms with E-state index in [0.717, 1.165) is 48.0 Å². The second kappa shape index (κ2) is 12.9. The van der Waals surface area contributed by atoms with Crippen molar-refractivity contribution in [2.75, 3.05) is 12.4 Å². The first-order valence-corrected chi connectivity index (χ1v) is 12.8. The molecule has 176 valence electrons. The maximum absolute atomic E-state index is 12.7. The standard InChI is InChI=1S/C24H28Cl2N4O2S/c1-3-5-13-32-19-10-7-17(8-11-19)23(31)27-16-22-28-29-24(33-14-6-4-2)30(22)18-9-12-20(25)21(26)15-18/h7-12,15H,3-6,13-14,16H2,1-2H3,(H,27,31). The number of rotatable bonds is 12. The number of unbranched alkanes of at least 4 members (excludes halogenated alkanes) is 2. The number of nitrogens with one attached hydrogen (secondary N) is 1. The minimum absolute atomic E-state index is 0.195. The Hall–Kier alpha value is -2.22. The molecule has 0 aliphatic heterocycles. The summed E-state index contributed by atoms with van der Waals surface area (Å²) in [5.41, 5.74) is 1.35. The molecule has 3 aromatic rings. The number of hydrogen-bond donors (Lipinski definition) is 1. The molecule has 1 amide bonds. The number of carbonyl (C=O) groups is 1. The fraction of sp³-hybridized carbons (Fsp3) is 0.375. The van der Waals surface area contributed by atoms with E-state index in [1.54, 1.807) is 36.0 Å². The van der Waals surface area contributed by atoms with Crippen molar-refractivity contribution in [1.82, 2.24) is 20.1 Å². The van der Waals surface area contributed by atoms with Gasteiger partial charge in [-0.3, -0.25) is 9.36 Å². The van der Waals surface area contributed by atoms with Gasteiger partial charge < -0.3 is 10.1 Å². The van der Waals surface area contributed by atoms with Crippen LogP contribution in [0.15, 0.2) is 47.6 Å². The van der Waals surface area contributed by atoms with Crippen molar-refractivity contribution in [3.05, 3.63) is 63.9 Å². The van der Waals surface area contributed by atoms with Crippen molar-refractivity contribution in [1.29, 1.82) is 0 Å². The third-order valence-corrected chi connectivity index (χ3v) is 6.64. The van der Waals surface area contributed by atoms with Crippen molar-refractivity contribution in [2.45, 2.75) is 51.2 Å². The van der Waals surface area contributed by atoms with Crippen molar-refractivity contribution >= 4 is 40.9 Å². The average molecular weight is 507 g/mol. The Balaban J connectivity index is 1.73. The molecule has 0 spiro atoms. The van der Waals surface area contributed by atoms with Crippen LogP contribution in [0, 0.1) is 0 Å². The lowest BCUT2D eigenvalue weighted by Crippen LogP contribution is -2.24. The Morgan fingerprint density at radius 1 is 1.03 bits per heavy atom. The van der Waals surface area contributed by atoms with Crippen LogP contribution in [0.25, 0.3) is 5.69 Å². The molecule has 33 heavy (non-hydrogen) atoms. The smallest absolute Gasteiger partial charge is 0.251 e. The van der Waals surface area contributed by atoms with E-state index in [1.807, 2.05) is 22.8 Å². The number of benzene rings is 2. The molecule has 0 aliphatic carbocycles. The Morgan fingerprint density at radius 2 is 1.79 bits per heavy atom. The number of nitrogens with zero attached hydrogens (tertiary/aromatic N) is 3. The van der Waals surface area contributed by atoms with Crippen molar-refractivity contribution < 1.29 is 9.53 Å². The highest BCUT2D eigenvalue weighted by atomic mass is 35.5. The number of hydrogen-bond acceptors (Lipinski definition) is 5. The summed E-state index contributed by atoms with van der Waals surface area (Å²) < 4.78 is 7.57. The van der Waals surface area contributed by atoms with E-state index in [2.05, 4.69) is 29.4 Å². The molecule has 6 nitrogen and oxygen atoms in total. The average Bonchev–Trinajstić information content (AvgIpc) is 3.23. The summed E-state index contributed by atoms with van der Waals surface area (Å²) >= 11 is 14.0. The maximum Gasteiger partial charge on any atom is 0.251 e. The van der Waals surface area contributed by atoms with E-state index in [0.29, 0.717) is 28.0 Å². The molecular weight excluding hydrogens is 479 g/mol. The zero-order valence-electron chi connectivity index (χ0n) is 18.8. The number of carbonyl (C=O) groups excluding carboxylic acids is 1. The summed E-state index contributed by atoms with van der Waals surface area (Å²) in [6.45, 7) is 5.15. The van der Waals surface area contributed by atoms with Gasteiger partial charge in [0.15, 0.2) is 11.0 Å². The van der Waals surface area contributed by atoms with E-state index in [-0.39, 0.29) is 12.5 Å². The minimum Gasteiger partial charge on any atom is -0.494 e. The predicted molar refractivity (Wildman–Crippen MR) is 135 cm³/mol. The highest BCUT2D eigenvalue weighted by molar-refractivity contribution is 7.99. The Kier molecular flexibility index (Phi) is 9.91. The van der Waals surface area contributed by atoms with Crippen LogP contribution in [0.3, 0.4) is 0 Å². The molecule has 1 N–H and O–H groups in total. The van der Waals surface area contributed by atoms with Crippen LogP contribution in [0.1, 0.15) is 55.7 Å². The molecule has 0 fully saturated rings. The van der Waals surface area contributed by atoms with Gasteiger partial charge in [0.2, 0.25) is 0 Å². The number of aromatic nitrogens is 3. The van der Waals surface area contributed by atoms with Gasteiger partial charge in [0.1, 0.15) is 5.75 Å². The summed E-state index contributed by atoms with van der Waals surface area (Å²) in [7, 11) is 0. The van der Waals surface area contributed by atoms with Crippen LogP contribution in [0.4, 0.5) is 0 Å². The highest BCUT2D eigenvalue weighted by Gasteiger charge is 2.17. The van der Waals surface area contributed by atoms with Crippen LogP contribution in [-0.2, 0) is 6.54 Å². The monoisotopic (exact) mass is 506 g/mol. The topological polar surface area (TPSA) is 69.0 Å². The summed E-state index contributed by atoms with van der Waals surface area (Å²) in [5.74, 6) is 2.10. The first kappa shape index (κ1) is 25.4. The molecule has 0 unspecified atom stereocenters. The molecule has 2 aromatic carbocycles. The maximum atomic E-state index is 12.7. The Morgan fingerprint density at radius 3 is 2.48 bits per heavy atom. The van der Waals surface area contributed by atoms with Gasteiger partial charge in [-0.2, -0.15) is 0 Å². The molecule has 1 aromatic heterocycles. The molecule has 9 heteroatoms. The minimum atomic E-state index is -0.195. The number of halogens is 2. The molecule has 0 bridgehead atoms. The van der Waals surface area contributed by atoms with Crippen molar-refractivity contribution in [2.24, 2.45) is 0 Å². The summed E-state index contributed by atoms with van der Waals surface area (Å²) in [6, 6.07) is 12.5. The normalized spacial score (nSPS) is 10.9. The van der Waals surface area contributed by atoms with Crippen molar-refractivity contribution in [3.63, 3.8) is 0 Å². The zero-order valence-corrected chi connectivity index (χ0v) is 21.1. The van der Waals surface area contributed by atoms with Crippen LogP contribution >= 0.6 is 35.0 Å².